The standard InChI is InChI=1S/C10H22O5.Ca.2H/c11-3-9-14-7-1-5-13-6-2-8-15-10-4-12;;;/h11-12H,1-10H2;;;. The van der Waals surface area contributed by atoms with Crippen LogP contribution in [0, 0.1) is 0 Å². The van der Waals surface area contributed by atoms with E-state index in [-0.39, 0.29) is 51.0 Å². The van der Waals surface area contributed by atoms with E-state index in [2.05, 4.69) is 0 Å². The van der Waals surface area contributed by atoms with E-state index in [0.29, 0.717) is 39.6 Å². The fraction of sp³-hybridized carbons (Fsp3) is 1.00. The molecule has 2 N–H and O–H groups in total. The Kier molecular flexibility index (Phi) is 22.3. The van der Waals surface area contributed by atoms with Gasteiger partial charge in [0.2, 0.25) is 0 Å². The van der Waals surface area contributed by atoms with Gasteiger partial charge in [-0.3, -0.25) is 0 Å². The summed E-state index contributed by atoms with van der Waals surface area (Å²) >= 11 is 0. The van der Waals surface area contributed by atoms with E-state index in [0.717, 1.165) is 12.8 Å². The van der Waals surface area contributed by atoms with Crippen LogP contribution in [0.5, 0.6) is 0 Å². The molecule has 0 unspecified atom stereocenters. The Balaban J connectivity index is 0. The predicted molar refractivity (Wildman–Crippen MR) is 64.4 cm³/mol. The molecule has 0 radical (unpaired) electrons. The molecule has 6 heteroatoms. The van der Waals surface area contributed by atoms with Gasteiger partial charge in [-0.05, 0) is 12.8 Å². The first-order chi connectivity index (χ1) is 7.41. The summed E-state index contributed by atoms with van der Waals surface area (Å²) in [6.45, 7) is 3.54. The number of hydrogen-bond acceptors (Lipinski definition) is 5. The van der Waals surface area contributed by atoms with Crippen molar-refractivity contribution in [2.75, 3.05) is 52.9 Å². The van der Waals surface area contributed by atoms with Crippen molar-refractivity contribution < 1.29 is 24.4 Å². The maximum absolute atomic E-state index is 8.42. The van der Waals surface area contributed by atoms with E-state index in [1.807, 2.05) is 0 Å². The van der Waals surface area contributed by atoms with Crippen molar-refractivity contribution in [1.29, 1.82) is 0 Å². The van der Waals surface area contributed by atoms with Gasteiger partial charge in [-0.25, -0.2) is 0 Å². The second kappa shape index (κ2) is 18.4. The van der Waals surface area contributed by atoms with Crippen LogP contribution in [-0.4, -0.2) is 101 Å². The molecule has 0 aromatic carbocycles. The molecule has 0 aliphatic carbocycles. The first kappa shape index (κ1) is 19.4. The molecule has 0 rings (SSSR count). The van der Waals surface area contributed by atoms with Gasteiger partial charge in [-0.1, -0.05) is 0 Å². The van der Waals surface area contributed by atoms with Crippen molar-refractivity contribution >= 4 is 37.7 Å². The van der Waals surface area contributed by atoms with Crippen LogP contribution in [0.15, 0.2) is 0 Å². The van der Waals surface area contributed by atoms with Crippen molar-refractivity contribution in [3.8, 4) is 0 Å². The van der Waals surface area contributed by atoms with Crippen molar-refractivity contribution in [1.82, 2.24) is 0 Å². The quantitative estimate of drug-likeness (QED) is 0.345. The molecule has 0 spiro atoms. The molecule has 0 bridgehead atoms. The second-order valence-corrected chi connectivity index (χ2v) is 2.99. The third-order valence-electron chi connectivity index (χ3n) is 1.63. The fourth-order valence-corrected chi connectivity index (χ4v) is 0.961. The van der Waals surface area contributed by atoms with E-state index in [1.165, 1.54) is 0 Å². The molecule has 0 saturated heterocycles. The molecule has 16 heavy (non-hydrogen) atoms. The van der Waals surface area contributed by atoms with E-state index in [1.54, 1.807) is 0 Å². The van der Waals surface area contributed by atoms with Gasteiger partial charge in [0.25, 0.3) is 0 Å². The Hall–Kier alpha value is 1.06. The minimum absolute atomic E-state index is 0. The first-order valence-electron chi connectivity index (χ1n) is 5.36. The number of ether oxygens (including phenoxy) is 3. The summed E-state index contributed by atoms with van der Waals surface area (Å²) in [7, 11) is 0. The van der Waals surface area contributed by atoms with Gasteiger partial charge in [-0.2, -0.15) is 0 Å². The Morgan fingerprint density at radius 2 is 0.875 bits per heavy atom. The zero-order chi connectivity index (χ0) is 11.2. The van der Waals surface area contributed by atoms with Crippen molar-refractivity contribution in [2.24, 2.45) is 0 Å². The van der Waals surface area contributed by atoms with Gasteiger partial charge in [0.05, 0.1) is 26.4 Å². The molecule has 0 atom stereocenters. The van der Waals surface area contributed by atoms with Crippen LogP contribution in [0.2, 0.25) is 0 Å². The van der Waals surface area contributed by atoms with Gasteiger partial charge in [-0.15, -0.1) is 0 Å². The zero-order valence-electron chi connectivity index (χ0n) is 9.19. The predicted octanol–water partition coefficient (Wildman–Crippen LogP) is -1.12. The average Bonchev–Trinajstić information content (AvgIpc) is 2.26. The number of aliphatic hydroxyl groups is 2. The molecule has 0 amide bonds. The second-order valence-electron chi connectivity index (χ2n) is 2.99. The summed E-state index contributed by atoms with van der Waals surface area (Å²) in [6, 6.07) is 0. The Morgan fingerprint density at radius 1 is 0.562 bits per heavy atom. The first-order valence-corrected chi connectivity index (χ1v) is 5.36. The molecule has 0 saturated carbocycles. The third-order valence-corrected chi connectivity index (χ3v) is 1.63. The summed E-state index contributed by atoms with van der Waals surface area (Å²) in [5.41, 5.74) is 0. The third kappa shape index (κ3) is 17.5. The average molecular weight is 264 g/mol. The molecule has 5 nitrogen and oxygen atoms in total. The minimum atomic E-state index is 0. The molecule has 0 aromatic heterocycles. The Labute approximate surface area is 127 Å². The molecule has 96 valence electrons. The topological polar surface area (TPSA) is 68.2 Å². The van der Waals surface area contributed by atoms with E-state index in [4.69, 9.17) is 24.4 Å². The van der Waals surface area contributed by atoms with Crippen molar-refractivity contribution in [3.05, 3.63) is 0 Å². The van der Waals surface area contributed by atoms with Crippen LogP contribution in [0.4, 0.5) is 0 Å². The SMILES string of the molecule is OCCOCCCOCCCOCCO.[CaH2]. The van der Waals surface area contributed by atoms with E-state index >= 15 is 0 Å². The molecular weight excluding hydrogens is 240 g/mol. The summed E-state index contributed by atoms with van der Waals surface area (Å²) in [5.74, 6) is 0. The summed E-state index contributed by atoms with van der Waals surface area (Å²) < 4.78 is 15.4. The molecule has 0 aliphatic rings. The number of aliphatic hydroxyl groups excluding tert-OH is 2. The maximum atomic E-state index is 8.42. The number of rotatable bonds is 12. The van der Waals surface area contributed by atoms with Crippen LogP contribution in [0.1, 0.15) is 12.8 Å². The van der Waals surface area contributed by atoms with E-state index in [9.17, 15) is 0 Å². The summed E-state index contributed by atoms with van der Waals surface area (Å²) in [6.07, 6.45) is 1.69. The van der Waals surface area contributed by atoms with Crippen LogP contribution >= 0.6 is 0 Å². The molecule has 0 aliphatic heterocycles. The molecule has 0 fully saturated rings. The Morgan fingerprint density at radius 3 is 1.19 bits per heavy atom. The van der Waals surface area contributed by atoms with Gasteiger partial charge >= 0.3 is 37.7 Å². The zero-order valence-corrected chi connectivity index (χ0v) is 9.19. The van der Waals surface area contributed by atoms with Gasteiger partial charge in [0, 0.05) is 26.4 Å². The van der Waals surface area contributed by atoms with Crippen LogP contribution in [0.3, 0.4) is 0 Å². The van der Waals surface area contributed by atoms with E-state index < -0.39 is 0 Å². The monoisotopic (exact) mass is 264 g/mol. The van der Waals surface area contributed by atoms with Gasteiger partial charge in [0.15, 0.2) is 0 Å². The van der Waals surface area contributed by atoms with Crippen LogP contribution in [-0.2, 0) is 14.2 Å². The molecule has 0 aromatic rings. The van der Waals surface area contributed by atoms with Crippen LogP contribution in [0.25, 0.3) is 0 Å². The number of hydrogen-bond donors (Lipinski definition) is 2. The van der Waals surface area contributed by atoms with Gasteiger partial charge in [0.1, 0.15) is 0 Å². The van der Waals surface area contributed by atoms with Crippen molar-refractivity contribution in [2.45, 2.75) is 12.8 Å². The van der Waals surface area contributed by atoms with Crippen LogP contribution < -0.4 is 0 Å². The normalized spacial score (nSPS) is 10.1. The fourth-order valence-electron chi connectivity index (χ4n) is 0.961. The van der Waals surface area contributed by atoms with Crippen molar-refractivity contribution in [3.63, 3.8) is 0 Å². The molecular formula is C10H24CaO5. The molecule has 0 heterocycles. The summed E-state index contributed by atoms with van der Waals surface area (Å²) in [5, 5.41) is 16.8. The summed E-state index contributed by atoms with van der Waals surface area (Å²) in [4.78, 5) is 0. The Bertz CT molecular complexity index is 103. The van der Waals surface area contributed by atoms with Gasteiger partial charge < -0.3 is 24.4 Å².